The smallest absolute Gasteiger partial charge is 0.222 e. The van der Waals surface area contributed by atoms with Crippen molar-refractivity contribution in [1.29, 1.82) is 0 Å². The molecule has 1 fully saturated rings. The second-order valence-corrected chi connectivity index (χ2v) is 7.83. The van der Waals surface area contributed by atoms with E-state index < -0.39 is 0 Å². The topological polar surface area (TPSA) is 60.5 Å². The highest BCUT2D eigenvalue weighted by atomic mass is 16.5. The van der Waals surface area contributed by atoms with Gasteiger partial charge in [-0.15, -0.1) is 0 Å². The van der Waals surface area contributed by atoms with E-state index in [1.165, 1.54) is 0 Å². The molecule has 1 saturated heterocycles. The Kier molecular flexibility index (Phi) is 6.39. The molecule has 7 nitrogen and oxygen atoms in total. The van der Waals surface area contributed by atoms with Crippen LogP contribution < -0.4 is 23.8 Å². The summed E-state index contributed by atoms with van der Waals surface area (Å²) in [5, 5.41) is 0. The Hall–Kier alpha value is -3.09. The molecule has 2 heterocycles. The number of nitrogens with zero attached hydrogens (tertiary/aromatic N) is 2. The standard InChI is InChI=1S/C24H30N2O5/c1-4-24(27)25-10-9-17(15-25)16-31-19-6-8-21-20(14-19)26(11-12-30-21)18-5-7-22(28-2)23(13-18)29-3/h5-8,13-14,17H,4,9-12,15-16H2,1-3H3. The van der Waals surface area contributed by atoms with Crippen molar-refractivity contribution >= 4 is 17.3 Å². The average Bonchev–Trinajstić information content (AvgIpc) is 3.30. The molecule has 1 unspecified atom stereocenters. The second kappa shape index (κ2) is 9.37. The summed E-state index contributed by atoms with van der Waals surface area (Å²) in [6.45, 7) is 5.44. The van der Waals surface area contributed by atoms with Crippen molar-refractivity contribution in [1.82, 2.24) is 4.90 Å². The molecule has 0 spiro atoms. The highest BCUT2D eigenvalue weighted by molar-refractivity contribution is 5.76. The summed E-state index contributed by atoms with van der Waals surface area (Å²) in [6, 6.07) is 11.8. The molecule has 166 valence electrons. The van der Waals surface area contributed by atoms with E-state index in [9.17, 15) is 4.79 Å². The molecule has 0 N–H and O–H groups in total. The molecule has 4 rings (SSSR count). The van der Waals surface area contributed by atoms with E-state index in [0.29, 0.717) is 37.1 Å². The van der Waals surface area contributed by atoms with E-state index in [0.717, 1.165) is 48.9 Å². The number of fused-ring (bicyclic) bond motifs is 1. The van der Waals surface area contributed by atoms with Crippen LogP contribution >= 0.6 is 0 Å². The van der Waals surface area contributed by atoms with Crippen LogP contribution in [0.25, 0.3) is 0 Å². The SMILES string of the molecule is CCC(=O)N1CCC(COc2ccc3c(c2)N(c2ccc(OC)c(OC)c2)CCO3)C1. The maximum absolute atomic E-state index is 11.9. The Morgan fingerprint density at radius 2 is 1.94 bits per heavy atom. The van der Waals surface area contributed by atoms with Crippen molar-refractivity contribution < 1.29 is 23.7 Å². The van der Waals surface area contributed by atoms with E-state index in [2.05, 4.69) is 4.90 Å². The largest absolute Gasteiger partial charge is 0.493 e. The molecule has 0 saturated carbocycles. The number of benzene rings is 2. The maximum Gasteiger partial charge on any atom is 0.222 e. The van der Waals surface area contributed by atoms with E-state index in [4.69, 9.17) is 18.9 Å². The Bertz CT molecular complexity index is 932. The predicted octanol–water partition coefficient (Wildman–Crippen LogP) is 3.87. The number of anilines is 2. The molecule has 1 amide bonds. The molecule has 0 aliphatic carbocycles. The van der Waals surface area contributed by atoms with E-state index >= 15 is 0 Å². The fraction of sp³-hybridized carbons (Fsp3) is 0.458. The van der Waals surface area contributed by atoms with Gasteiger partial charge >= 0.3 is 0 Å². The lowest BCUT2D eigenvalue weighted by Gasteiger charge is -2.32. The number of ether oxygens (including phenoxy) is 4. The van der Waals surface area contributed by atoms with Gasteiger partial charge in [0, 0.05) is 43.2 Å². The van der Waals surface area contributed by atoms with Gasteiger partial charge in [-0.05, 0) is 30.7 Å². The molecule has 7 heteroatoms. The van der Waals surface area contributed by atoms with E-state index in [-0.39, 0.29) is 5.91 Å². The van der Waals surface area contributed by atoms with Crippen molar-refractivity contribution in [2.45, 2.75) is 19.8 Å². The highest BCUT2D eigenvalue weighted by Crippen LogP contribution is 2.41. The van der Waals surface area contributed by atoms with Gasteiger partial charge in [-0.3, -0.25) is 4.79 Å². The normalized spacial score (nSPS) is 17.7. The fourth-order valence-corrected chi connectivity index (χ4v) is 4.18. The summed E-state index contributed by atoms with van der Waals surface area (Å²) in [7, 11) is 3.27. The number of likely N-dealkylation sites (tertiary alicyclic amines) is 1. The number of carbonyl (C=O) groups is 1. The van der Waals surface area contributed by atoms with E-state index in [1.807, 2.05) is 48.2 Å². The van der Waals surface area contributed by atoms with Crippen molar-refractivity contribution in [3.05, 3.63) is 36.4 Å². The maximum atomic E-state index is 11.9. The van der Waals surface area contributed by atoms with Crippen LogP contribution in [0.15, 0.2) is 36.4 Å². The van der Waals surface area contributed by atoms with Gasteiger partial charge in [0.25, 0.3) is 0 Å². The van der Waals surface area contributed by atoms with E-state index in [1.54, 1.807) is 14.2 Å². The minimum Gasteiger partial charge on any atom is -0.493 e. The number of hydrogen-bond donors (Lipinski definition) is 0. The molecule has 1 atom stereocenters. The van der Waals surface area contributed by atoms with Crippen LogP contribution in [0.3, 0.4) is 0 Å². The van der Waals surface area contributed by atoms with Gasteiger partial charge < -0.3 is 28.7 Å². The quantitative estimate of drug-likeness (QED) is 0.670. The van der Waals surface area contributed by atoms with Crippen LogP contribution in [0, 0.1) is 5.92 Å². The van der Waals surface area contributed by atoms with Crippen molar-refractivity contribution in [3.63, 3.8) is 0 Å². The van der Waals surface area contributed by atoms with Gasteiger partial charge in [0.1, 0.15) is 18.1 Å². The first-order valence-corrected chi connectivity index (χ1v) is 10.8. The Balaban J connectivity index is 1.49. The summed E-state index contributed by atoms with van der Waals surface area (Å²) in [6.07, 6.45) is 1.54. The number of carbonyl (C=O) groups excluding carboxylic acids is 1. The molecule has 2 aromatic carbocycles. The third-order valence-electron chi connectivity index (χ3n) is 5.90. The number of rotatable bonds is 7. The lowest BCUT2D eigenvalue weighted by molar-refractivity contribution is -0.129. The van der Waals surface area contributed by atoms with Gasteiger partial charge in [0.05, 0.1) is 33.1 Å². The van der Waals surface area contributed by atoms with Crippen LogP contribution in [0.5, 0.6) is 23.0 Å². The highest BCUT2D eigenvalue weighted by Gasteiger charge is 2.26. The second-order valence-electron chi connectivity index (χ2n) is 7.83. The summed E-state index contributed by atoms with van der Waals surface area (Å²) in [4.78, 5) is 16.0. The monoisotopic (exact) mass is 426 g/mol. The number of amides is 1. The molecule has 31 heavy (non-hydrogen) atoms. The molecule has 0 radical (unpaired) electrons. The molecule has 2 aliphatic rings. The zero-order valence-electron chi connectivity index (χ0n) is 18.4. The first-order chi connectivity index (χ1) is 15.1. The summed E-state index contributed by atoms with van der Waals surface area (Å²) < 4.78 is 22.8. The lowest BCUT2D eigenvalue weighted by Crippen LogP contribution is -2.29. The molecule has 0 aromatic heterocycles. The van der Waals surface area contributed by atoms with Gasteiger partial charge in [0.15, 0.2) is 11.5 Å². The fourth-order valence-electron chi connectivity index (χ4n) is 4.18. The van der Waals surface area contributed by atoms with Crippen LogP contribution in [0.1, 0.15) is 19.8 Å². The first-order valence-electron chi connectivity index (χ1n) is 10.8. The lowest BCUT2D eigenvalue weighted by atomic mass is 10.1. The summed E-state index contributed by atoms with van der Waals surface area (Å²) >= 11 is 0. The van der Waals surface area contributed by atoms with Crippen molar-refractivity contribution in [2.24, 2.45) is 5.92 Å². The Labute approximate surface area is 183 Å². The first kappa shape index (κ1) is 21.2. The van der Waals surface area contributed by atoms with Gasteiger partial charge in [0.2, 0.25) is 5.91 Å². The van der Waals surface area contributed by atoms with Crippen LogP contribution in [0.4, 0.5) is 11.4 Å². The predicted molar refractivity (Wildman–Crippen MR) is 119 cm³/mol. The van der Waals surface area contributed by atoms with Gasteiger partial charge in [-0.1, -0.05) is 6.92 Å². The van der Waals surface area contributed by atoms with Crippen molar-refractivity contribution in [2.75, 3.05) is 52.0 Å². The molecule has 2 aliphatic heterocycles. The molecular formula is C24H30N2O5. The zero-order valence-corrected chi connectivity index (χ0v) is 18.4. The van der Waals surface area contributed by atoms with Gasteiger partial charge in [-0.25, -0.2) is 0 Å². The average molecular weight is 427 g/mol. The molecule has 0 bridgehead atoms. The van der Waals surface area contributed by atoms with Crippen LogP contribution in [-0.4, -0.2) is 57.9 Å². The molecule has 2 aromatic rings. The zero-order chi connectivity index (χ0) is 21.8. The summed E-state index contributed by atoms with van der Waals surface area (Å²) in [5.41, 5.74) is 1.97. The Morgan fingerprint density at radius 1 is 1.10 bits per heavy atom. The molecular weight excluding hydrogens is 396 g/mol. The Morgan fingerprint density at radius 3 is 2.71 bits per heavy atom. The van der Waals surface area contributed by atoms with Gasteiger partial charge in [-0.2, -0.15) is 0 Å². The minimum absolute atomic E-state index is 0.221. The summed E-state index contributed by atoms with van der Waals surface area (Å²) in [5.74, 6) is 3.60. The third-order valence-corrected chi connectivity index (χ3v) is 5.90. The number of hydrogen-bond acceptors (Lipinski definition) is 6. The van der Waals surface area contributed by atoms with Crippen molar-refractivity contribution in [3.8, 4) is 23.0 Å². The van der Waals surface area contributed by atoms with Crippen LogP contribution in [-0.2, 0) is 4.79 Å². The minimum atomic E-state index is 0.221. The van der Waals surface area contributed by atoms with Crippen LogP contribution in [0.2, 0.25) is 0 Å². The number of methoxy groups -OCH3 is 2. The third kappa shape index (κ3) is 4.50.